The van der Waals surface area contributed by atoms with E-state index in [-0.39, 0.29) is 18.6 Å². The third kappa shape index (κ3) is 7.39. The third-order valence-corrected chi connectivity index (χ3v) is 4.88. The lowest BCUT2D eigenvalue weighted by Crippen LogP contribution is -2.58. The summed E-state index contributed by atoms with van der Waals surface area (Å²) in [6, 6.07) is -4.32. The van der Waals surface area contributed by atoms with Gasteiger partial charge in [-0.05, 0) is 6.92 Å². The smallest absolute Gasteiger partial charge is 0.325 e. The molecule has 3 amide bonds. The number of aliphatic carboxylic acids is 1. The topological polar surface area (TPSA) is 208 Å². The lowest BCUT2D eigenvalue weighted by molar-refractivity contribution is -0.141. The molecule has 4 atom stereocenters. The molecule has 2 heterocycles. The van der Waals surface area contributed by atoms with Crippen molar-refractivity contribution >= 4 is 36.3 Å². The van der Waals surface area contributed by atoms with Crippen LogP contribution in [0.3, 0.4) is 0 Å². The monoisotopic (exact) mass is 466 g/mol. The van der Waals surface area contributed by atoms with E-state index in [9.17, 15) is 19.2 Å². The molecule has 174 valence electrons. The molecule has 0 saturated heterocycles. The number of imidazole rings is 2. The first-order valence-electron chi connectivity index (χ1n) is 9.66. The van der Waals surface area contributed by atoms with Crippen LogP contribution in [-0.4, -0.2) is 78.7 Å². The molecule has 2 aromatic heterocycles. The molecule has 32 heavy (non-hydrogen) atoms. The summed E-state index contributed by atoms with van der Waals surface area (Å²) in [6.07, 6.45) is 5.88. The van der Waals surface area contributed by atoms with Gasteiger partial charge in [-0.1, -0.05) is 0 Å². The number of aromatic nitrogens is 4. The maximum atomic E-state index is 13.0. The molecule has 0 spiro atoms. The highest BCUT2D eigenvalue weighted by Crippen LogP contribution is 2.04. The zero-order chi connectivity index (χ0) is 23.7. The minimum atomic E-state index is -1.23. The van der Waals surface area contributed by atoms with Crippen LogP contribution in [0.5, 0.6) is 0 Å². The van der Waals surface area contributed by atoms with Gasteiger partial charge < -0.3 is 36.8 Å². The Hall–Kier alpha value is -3.39. The molecule has 0 aliphatic heterocycles. The fraction of sp³-hybridized carbons (Fsp3) is 0.444. The van der Waals surface area contributed by atoms with Crippen LogP contribution < -0.4 is 21.7 Å². The van der Waals surface area contributed by atoms with Crippen molar-refractivity contribution in [3.05, 3.63) is 36.4 Å². The van der Waals surface area contributed by atoms with Gasteiger partial charge in [0.05, 0.1) is 18.7 Å². The molecular formula is C18H26N8O5S. The second-order valence-electron chi connectivity index (χ2n) is 7.04. The molecule has 0 aliphatic rings. The number of nitrogens with zero attached hydrogens (tertiary/aromatic N) is 2. The number of nitrogens with two attached hydrogens (primary N) is 1. The van der Waals surface area contributed by atoms with E-state index in [0.717, 1.165) is 0 Å². The summed E-state index contributed by atoms with van der Waals surface area (Å²) >= 11 is 3.99. The highest BCUT2D eigenvalue weighted by Gasteiger charge is 2.30. The predicted molar refractivity (Wildman–Crippen MR) is 116 cm³/mol. The van der Waals surface area contributed by atoms with E-state index in [4.69, 9.17) is 10.8 Å². The van der Waals surface area contributed by atoms with E-state index in [2.05, 4.69) is 48.5 Å². The minimum Gasteiger partial charge on any atom is -0.480 e. The number of aromatic amines is 2. The number of amides is 3. The highest BCUT2D eigenvalue weighted by atomic mass is 32.1. The molecule has 14 heteroatoms. The Bertz CT molecular complexity index is 905. The molecule has 0 bridgehead atoms. The van der Waals surface area contributed by atoms with Crippen LogP contribution in [0.2, 0.25) is 0 Å². The normalized spacial score (nSPS) is 14.6. The summed E-state index contributed by atoms with van der Waals surface area (Å²) < 4.78 is 0. The van der Waals surface area contributed by atoms with Crippen molar-refractivity contribution in [2.45, 2.75) is 43.9 Å². The van der Waals surface area contributed by atoms with E-state index in [0.29, 0.717) is 11.4 Å². The number of nitrogens with one attached hydrogen (secondary N) is 5. The van der Waals surface area contributed by atoms with Gasteiger partial charge in [0.15, 0.2) is 0 Å². The van der Waals surface area contributed by atoms with Gasteiger partial charge in [0.2, 0.25) is 17.7 Å². The van der Waals surface area contributed by atoms with Crippen molar-refractivity contribution in [2.75, 3.05) is 5.75 Å². The summed E-state index contributed by atoms with van der Waals surface area (Å²) in [6.45, 7) is 1.30. The Morgan fingerprint density at radius 3 is 1.84 bits per heavy atom. The fourth-order valence-electron chi connectivity index (χ4n) is 2.66. The van der Waals surface area contributed by atoms with Crippen molar-refractivity contribution in [1.82, 2.24) is 35.9 Å². The lowest BCUT2D eigenvalue weighted by atomic mass is 10.1. The van der Waals surface area contributed by atoms with E-state index in [1.165, 1.54) is 32.0 Å². The second kappa shape index (κ2) is 11.9. The number of H-pyrrole nitrogens is 2. The average molecular weight is 467 g/mol. The maximum Gasteiger partial charge on any atom is 0.325 e. The number of carboxylic acid groups (broad SMARTS) is 1. The molecule has 0 radical (unpaired) electrons. The largest absolute Gasteiger partial charge is 0.480 e. The Labute approximate surface area is 188 Å². The van der Waals surface area contributed by atoms with Gasteiger partial charge in [-0.25, -0.2) is 9.97 Å². The van der Waals surface area contributed by atoms with Crippen molar-refractivity contribution in [2.24, 2.45) is 5.73 Å². The van der Waals surface area contributed by atoms with Crippen molar-refractivity contribution in [3.8, 4) is 0 Å². The summed E-state index contributed by atoms with van der Waals surface area (Å²) in [5.41, 5.74) is 6.80. The zero-order valence-electron chi connectivity index (χ0n) is 17.2. The van der Waals surface area contributed by atoms with Crippen LogP contribution in [-0.2, 0) is 32.0 Å². The first-order valence-corrected chi connectivity index (χ1v) is 10.3. The molecule has 0 fully saturated rings. The Morgan fingerprint density at radius 1 is 0.969 bits per heavy atom. The van der Waals surface area contributed by atoms with Gasteiger partial charge in [-0.15, -0.1) is 0 Å². The molecule has 2 aromatic rings. The zero-order valence-corrected chi connectivity index (χ0v) is 18.1. The summed E-state index contributed by atoms with van der Waals surface area (Å²) in [5, 5.41) is 16.5. The number of thiol groups is 1. The average Bonchev–Trinajstić information content (AvgIpc) is 3.46. The third-order valence-electron chi connectivity index (χ3n) is 4.49. The van der Waals surface area contributed by atoms with Crippen LogP contribution in [0.15, 0.2) is 25.0 Å². The van der Waals surface area contributed by atoms with Gasteiger partial charge in [-0.3, -0.25) is 19.2 Å². The van der Waals surface area contributed by atoms with Crippen molar-refractivity contribution in [1.29, 1.82) is 0 Å². The molecule has 13 nitrogen and oxygen atoms in total. The van der Waals surface area contributed by atoms with E-state index in [1.54, 1.807) is 0 Å². The number of hydrogen-bond acceptors (Lipinski definition) is 8. The molecule has 0 aromatic carbocycles. The number of carbonyl (C=O) groups is 4. The number of carboxylic acids is 1. The van der Waals surface area contributed by atoms with Gasteiger partial charge in [-0.2, -0.15) is 12.6 Å². The maximum absolute atomic E-state index is 13.0. The van der Waals surface area contributed by atoms with Crippen LogP contribution >= 0.6 is 12.6 Å². The molecule has 8 N–H and O–H groups in total. The first kappa shape index (κ1) is 24.9. The molecule has 2 rings (SSSR count). The summed E-state index contributed by atoms with van der Waals surface area (Å²) in [4.78, 5) is 62.5. The SMILES string of the molecule is CC(NC(=O)C(Cc1cnc[nH]1)NC(=O)C(Cc1cnc[nH]1)NC(=O)C(N)CS)C(=O)O. The Kier molecular flexibility index (Phi) is 9.22. The number of hydrogen-bond donors (Lipinski definition) is 8. The quantitative estimate of drug-likeness (QED) is 0.160. The number of carbonyl (C=O) groups excluding carboxylic acids is 3. The van der Waals surface area contributed by atoms with Crippen molar-refractivity contribution in [3.63, 3.8) is 0 Å². The van der Waals surface area contributed by atoms with Gasteiger partial charge in [0, 0.05) is 42.4 Å². The predicted octanol–water partition coefficient (Wildman–Crippen LogP) is -2.27. The fourth-order valence-corrected chi connectivity index (χ4v) is 2.83. The Morgan fingerprint density at radius 2 is 1.44 bits per heavy atom. The van der Waals surface area contributed by atoms with Crippen LogP contribution in [0.25, 0.3) is 0 Å². The lowest BCUT2D eigenvalue weighted by Gasteiger charge is -2.24. The Balaban J connectivity index is 2.19. The van der Waals surface area contributed by atoms with E-state index >= 15 is 0 Å². The highest BCUT2D eigenvalue weighted by molar-refractivity contribution is 7.80. The number of rotatable bonds is 12. The first-order chi connectivity index (χ1) is 15.2. The van der Waals surface area contributed by atoms with E-state index in [1.807, 2.05) is 0 Å². The van der Waals surface area contributed by atoms with Gasteiger partial charge in [0.25, 0.3) is 0 Å². The summed E-state index contributed by atoms with van der Waals surface area (Å²) in [5.74, 6) is -3.12. The van der Waals surface area contributed by atoms with E-state index < -0.39 is 47.9 Å². The molecular weight excluding hydrogens is 440 g/mol. The van der Waals surface area contributed by atoms with Gasteiger partial charge >= 0.3 is 5.97 Å². The standard InChI is InChI=1S/C18H26N8O5S/c1-9(18(30)31)24-16(28)13(2-10-4-20-7-22-10)26-17(29)14(3-11-5-21-8-23-11)25-15(27)12(19)6-32/h4-5,7-9,12-14,32H,2-3,6,19H2,1H3,(H,20,22)(H,21,23)(H,24,28)(H,25,27)(H,26,29)(H,30,31). The van der Waals surface area contributed by atoms with Crippen LogP contribution in [0.1, 0.15) is 18.3 Å². The minimum absolute atomic E-state index is 0.0186. The van der Waals surface area contributed by atoms with Gasteiger partial charge in [0.1, 0.15) is 18.1 Å². The second-order valence-corrected chi connectivity index (χ2v) is 7.41. The molecule has 0 saturated carbocycles. The van der Waals surface area contributed by atoms with Crippen LogP contribution in [0.4, 0.5) is 0 Å². The van der Waals surface area contributed by atoms with Crippen molar-refractivity contribution < 1.29 is 24.3 Å². The summed E-state index contributed by atoms with van der Waals surface area (Å²) in [7, 11) is 0. The molecule has 0 aliphatic carbocycles. The molecule has 4 unspecified atom stereocenters. The van der Waals surface area contributed by atoms with Crippen LogP contribution in [0, 0.1) is 0 Å².